The summed E-state index contributed by atoms with van der Waals surface area (Å²) >= 11 is 0. The Kier molecular flexibility index (Phi) is 6.34. The molecule has 3 aromatic rings. The highest BCUT2D eigenvalue weighted by atomic mass is 16.5. The van der Waals surface area contributed by atoms with Crippen LogP contribution in [-0.2, 0) is 27.9 Å². The van der Waals surface area contributed by atoms with Crippen molar-refractivity contribution in [2.24, 2.45) is 13.0 Å². The summed E-state index contributed by atoms with van der Waals surface area (Å²) in [7, 11) is 1.50. The fraction of sp³-hybridized carbons (Fsp3) is 0.391. The maximum absolute atomic E-state index is 13.1. The quantitative estimate of drug-likeness (QED) is 0.531. The Hall–Kier alpha value is -3.82. The molecule has 1 atom stereocenters. The molecule has 0 N–H and O–H groups in total. The molecule has 1 aliphatic rings. The van der Waals surface area contributed by atoms with Crippen LogP contribution in [-0.4, -0.2) is 55.6 Å². The third kappa shape index (κ3) is 4.41. The van der Waals surface area contributed by atoms with Gasteiger partial charge in [0, 0.05) is 31.9 Å². The summed E-state index contributed by atoms with van der Waals surface area (Å²) in [5, 5.41) is 0.146. The van der Waals surface area contributed by atoms with Crippen molar-refractivity contribution in [1.29, 1.82) is 0 Å². The molecule has 1 amide bonds. The fourth-order valence-corrected chi connectivity index (χ4v) is 4.04. The summed E-state index contributed by atoms with van der Waals surface area (Å²) < 4.78 is 7.21. The Morgan fingerprint density at radius 3 is 2.67 bits per heavy atom. The van der Waals surface area contributed by atoms with Gasteiger partial charge in [-0.15, -0.1) is 0 Å². The first-order valence-electron chi connectivity index (χ1n) is 10.9. The number of aryl methyl sites for hydroxylation is 1. The summed E-state index contributed by atoms with van der Waals surface area (Å²) in [6.07, 6.45) is 2.67. The summed E-state index contributed by atoms with van der Waals surface area (Å²) in [6.45, 7) is 2.26. The Morgan fingerprint density at radius 2 is 1.94 bits per heavy atom. The average molecular weight is 451 g/mol. The maximum atomic E-state index is 13.1. The smallest absolute Gasteiger partial charge is 0.332 e. The molecule has 1 aromatic carbocycles. The second-order valence-corrected chi connectivity index (χ2v) is 7.96. The van der Waals surface area contributed by atoms with Gasteiger partial charge in [0.2, 0.25) is 5.91 Å². The Bertz CT molecular complexity index is 1310. The molecule has 1 unspecified atom stereocenters. The lowest BCUT2D eigenvalue weighted by Gasteiger charge is -2.31. The number of aromatic nitrogens is 4. The van der Waals surface area contributed by atoms with E-state index in [9.17, 15) is 19.2 Å². The van der Waals surface area contributed by atoms with Crippen molar-refractivity contribution >= 4 is 22.9 Å². The van der Waals surface area contributed by atoms with Gasteiger partial charge in [-0.1, -0.05) is 30.3 Å². The van der Waals surface area contributed by atoms with Gasteiger partial charge in [0.05, 0.1) is 12.5 Å². The van der Waals surface area contributed by atoms with E-state index in [1.807, 2.05) is 30.3 Å². The number of amides is 1. The second kappa shape index (κ2) is 9.35. The van der Waals surface area contributed by atoms with Crippen molar-refractivity contribution in [3.05, 3.63) is 57.4 Å². The maximum Gasteiger partial charge on any atom is 0.332 e. The van der Waals surface area contributed by atoms with Crippen LogP contribution in [0, 0.1) is 5.92 Å². The van der Waals surface area contributed by atoms with Gasteiger partial charge in [0.15, 0.2) is 11.5 Å². The van der Waals surface area contributed by atoms with Crippen molar-refractivity contribution < 1.29 is 14.3 Å². The minimum atomic E-state index is -0.641. The molecule has 0 radical (unpaired) electrons. The monoisotopic (exact) mass is 451 g/mol. The normalized spacial score (nSPS) is 16.1. The van der Waals surface area contributed by atoms with Crippen LogP contribution in [0.15, 0.2) is 46.1 Å². The number of hydrogen-bond donors (Lipinski definition) is 0. The van der Waals surface area contributed by atoms with Gasteiger partial charge < -0.3 is 9.64 Å². The Labute approximate surface area is 189 Å². The minimum Gasteiger partial charge on any atom is -0.466 e. The van der Waals surface area contributed by atoms with E-state index in [4.69, 9.17) is 4.74 Å². The highest BCUT2D eigenvalue weighted by molar-refractivity contribution is 5.79. The standard InChI is InChI=1S/C23H25N5O5/c1-3-33-22(31)16-10-7-11-27(13-16)18(29)14-28-21(30)17-12-24-19(15-8-5-4-6-9-15)25-20(17)26(2)23(28)32/h4-6,8-9,12,16H,3,7,10-11,13-14H2,1-2H3. The zero-order chi connectivity index (χ0) is 23.5. The molecule has 172 valence electrons. The van der Waals surface area contributed by atoms with Crippen LogP contribution in [0.2, 0.25) is 0 Å². The molecule has 0 saturated carbocycles. The fourth-order valence-electron chi connectivity index (χ4n) is 4.04. The number of esters is 1. The number of benzene rings is 1. The Balaban J connectivity index is 1.63. The molecule has 0 spiro atoms. The van der Waals surface area contributed by atoms with E-state index in [1.54, 1.807) is 6.92 Å². The van der Waals surface area contributed by atoms with Crippen molar-refractivity contribution in [2.45, 2.75) is 26.3 Å². The van der Waals surface area contributed by atoms with Crippen LogP contribution >= 0.6 is 0 Å². The van der Waals surface area contributed by atoms with E-state index < -0.39 is 29.6 Å². The predicted molar refractivity (Wildman–Crippen MR) is 120 cm³/mol. The van der Waals surface area contributed by atoms with Crippen LogP contribution in [0.25, 0.3) is 22.4 Å². The number of rotatable bonds is 5. The zero-order valence-corrected chi connectivity index (χ0v) is 18.6. The number of ether oxygens (including phenoxy) is 1. The molecule has 0 bridgehead atoms. The first-order valence-corrected chi connectivity index (χ1v) is 10.9. The van der Waals surface area contributed by atoms with Crippen molar-refractivity contribution in [3.8, 4) is 11.4 Å². The van der Waals surface area contributed by atoms with Gasteiger partial charge in [-0.3, -0.25) is 23.5 Å². The van der Waals surface area contributed by atoms with E-state index in [0.29, 0.717) is 25.2 Å². The molecule has 4 rings (SSSR count). The molecule has 3 heterocycles. The van der Waals surface area contributed by atoms with E-state index in [1.165, 1.54) is 22.7 Å². The number of fused-ring (bicyclic) bond motifs is 1. The van der Waals surface area contributed by atoms with Crippen LogP contribution in [0.4, 0.5) is 0 Å². The van der Waals surface area contributed by atoms with Crippen LogP contribution < -0.4 is 11.2 Å². The summed E-state index contributed by atoms with van der Waals surface area (Å²) in [6, 6.07) is 9.23. The minimum absolute atomic E-state index is 0.146. The number of carbonyl (C=O) groups is 2. The molecule has 0 aliphatic carbocycles. The molecule has 2 aromatic heterocycles. The van der Waals surface area contributed by atoms with E-state index in [0.717, 1.165) is 10.1 Å². The third-order valence-corrected chi connectivity index (χ3v) is 5.80. The predicted octanol–water partition coefficient (Wildman–Crippen LogP) is 0.959. The second-order valence-electron chi connectivity index (χ2n) is 7.96. The van der Waals surface area contributed by atoms with E-state index >= 15 is 0 Å². The largest absolute Gasteiger partial charge is 0.466 e. The van der Waals surface area contributed by atoms with Crippen LogP contribution in [0.1, 0.15) is 19.8 Å². The van der Waals surface area contributed by atoms with Gasteiger partial charge in [0.25, 0.3) is 5.56 Å². The Morgan fingerprint density at radius 1 is 1.18 bits per heavy atom. The van der Waals surface area contributed by atoms with Crippen LogP contribution in [0.5, 0.6) is 0 Å². The highest BCUT2D eigenvalue weighted by Gasteiger charge is 2.30. The lowest BCUT2D eigenvalue weighted by atomic mass is 9.98. The first-order chi connectivity index (χ1) is 15.9. The number of likely N-dealkylation sites (tertiary alicyclic amines) is 1. The van der Waals surface area contributed by atoms with Gasteiger partial charge in [-0.25, -0.2) is 14.8 Å². The summed E-state index contributed by atoms with van der Waals surface area (Å²) in [5.74, 6) is -0.738. The highest BCUT2D eigenvalue weighted by Crippen LogP contribution is 2.19. The lowest BCUT2D eigenvalue weighted by molar-refractivity contribution is -0.151. The zero-order valence-electron chi connectivity index (χ0n) is 18.6. The van der Waals surface area contributed by atoms with Gasteiger partial charge in [0.1, 0.15) is 11.9 Å². The molecule has 10 nitrogen and oxygen atoms in total. The lowest BCUT2D eigenvalue weighted by Crippen LogP contribution is -2.48. The number of nitrogens with zero attached hydrogens (tertiary/aromatic N) is 5. The van der Waals surface area contributed by atoms with E-state index in [-0.39, 0.29) is 30.2 Å². The molecular weight excluding hydrogens is 426 g/mol. The van der Waals surface area contributed by atoms with Gasteiger partial charge in [-0.2, -0.15) is 0 Å². The van der Waals surface area contributed by atoms with Gasteiger partial charge in [-0.05, 0) is 19.8 Å². The summed E-state index contributed by atoms with van der Waals surface area (Å²) in [4.78, 5) is 61.2. The SMILES string of the molecule is CCOC(=O)C1CCCN(C(=O)Cn2c(=O)c3cnc(-c4ccccc4)nc3n(C)c2=O)C1. The number of piperidine rings is 1. The van der Waals surface area contributed by atoms with Gasteiger partial charge >= 0.3 is 11.7 Å². The molecule has 1 saturated heterocycles. The third-order valence-electron chi connectivity index (χ3n) is 5.80. The first kappa shape index (κ1) is 22.4. The topological polar surface area (TPSA) is 116 Å². The molecule has 10 heteroatoms. The molecule has 33 heavy (non-hydrogen) atoms. The van der Waals surface area contributed by atoms with E-state index in [2.05, 4.69) is 9.97 Å². The van der Waals surface area contributed by atoms with Crippen molar-refractivity contribution in [1.82, 2.24) is 24.0 Å². The molecule has 1 aliphatic heterocycles. The molecule has 1 fully saturated rings. The molecular formula is C23H25N5O5. The van der Waals surface area contributed by atoms with Crippen molar-refractivity contribution in [3.63, 3.8) is 0 Å². The number of hydrogen-bond acceptors (Lipinski definition) is 7. The van der Waals surface area contributed by atoms with Crippen molar-refractivity contribution in [2.75, 3.05) is 19.7 Å². The van der Waals surface area contributed by atoms with Crippen LogP contribution in [0.3, 0.4) is 0 Å². The average Bonchev–Trinajstić information content (AvgIpc) is 2.85. The number of carbonyl (C=O) groups excluding carboxylic acids is 2. The summed E-state index contributed by atoms with van der Waals surface area (Å²) in [5.41, 5.74) is -0.312.